The van der Waals surface area contributed by atoms with Crippen molar-refractivity contribution >= 4 is 34.4 Å². The number of carbonyl (C=O) groups is 2. The minimum Gasteiger partial charge on any atom is -0.494 e. The second-order valence-electron chi connectivity index (χ2n) is 8.55. The van der Waals surface area contributed by atoms with Crippen molar-refractivity contribution in [1.82, 2.24) is 49.8 Å². The monoisotopic (exact) mass is 530 g/mol. The number of Topliss-reactive ketones (excluding diaryl/α,β-unsaturated/α-hetero) is 1. The normalized spacial score (nSPS) is 14.4. The van der Waals surface area contributed by atoms with E-state index in [1.807, 2.05) is 4.90 Å². The van der Waals surface area contributed by atoms with Crippen LogP contribution in [0.4, 0.5) is 5.95 Å². The smallest absolute Gasteiger partial charge is 0.295 e. The lowest BCUT2D eigenvalue weighted by molar-refractivity contribution is -0.126. The molecular formula is C24H26N12O3. The molecule has 1 aliphatic heterocycles. The molecule has 0 saturated carbocycles. The zero-order chi connectivity index (χ0) is 27.5. The molecule has 1 amide bonds. The summed E-state index contributed by atoms with van der Waals surface area (Å²) in [5.41, 5.74) is 6.79. The average molecular weight is 531 g/mol. The Kier molecular flexibility index (Phi) is 6.86. The standard InChI is InChI=1S/C24H26N12O3/c1-4-5-6-7-18(25)36-24(29-31-32-36)34-10-8-33(9-11-34)23(38)21(37)16-12-26-20-19(16)17(39-3)13-27-22(20)35-14-28-15(2)30-35/h4-7,12-14,26H,1,8-11,25H2,2-3H3/b6-5-,18-7+. The third-order valence-corrected chi connectivity index (χ3v) is 6.20. The summed E-state index contributed by atoms with van der Waals surface area (Å²) in [6, 6.07) is 0. The maximum Gasteiger partial charge on any atom is 0.295 e. The lowest BCUT2D eigenvalue weighted by Gasteiger charge is -2.34. The summed E-state index contributed by atoms with van der Waals surface area (Å²) in [5, 5.41) is 16.5. The Morgan fingerprint density at radius 1 is 1.18 bits per heavy atom. The van der Waals surface area contributed by atoms with E-state index >= 15 is 0 Å². The van der Waals surface area contributed by atoms with Gasteiger partial charge in [-0.2, -0.15) is 9.78 Å². The van der Waals surface area contributed by atoms with Crippen molar-refractivity contribution in [3.8, 4) is 11.6 Å². The summed E-state index contributed by atoms with van der Waals surface area (Å²) in [7, 11) is 1.48. The van der Waals surface area contributed by atoms with Crippen LogP contribution in [0, 0.1) is 6.92 Å². The van der Waals surface area contributed by atoms with Crippen LogP contribution in [0.15, 0.2) is 49.6 Å². The number of hydrogen-bond donors (Lipinski definition) is 2. The number of aromatic nitrogens is 9. The molecule has 5 heterocycles. The summed E-state index contributed by atoms with van der Waals surface area (Å²) in [4.78, 5) is 41.7. The van der Waals surface area contributed by atoms with Gasteiger partial charge < -0.3 is 25.3 Å². The van der Waals surface area contributed by atoms with Crippen LogP contribution in [-0.2, 0) is 4.79 Å². The Labute approximate surface area is 222 Å². The maximum atomic E-state index is 13.4. The van der Waals surface area contributed by atoms with Crippen LogP contribution in [0.2, 0.25) is 0 Å². The number of allylic oxidation sites excluding steroid dienone is 4. The van der Waals surface area contributed by atoms with E-state index in [-0.39, 0.29) is 5.56 Å². The SMILES string of the molecule is C=C/C=C\C=C(/N)n1nnnc1N1CCN(C(=O)C(=O)c2c[nH]c3c(-n4cnc(C)n4)ncc(OC)c23)CC1. The van der Waals surface area contributed by atoms with Crippen LogP contribution in [-0.4, -0.2) is 94.8 Å². The number of H-pyrrole nitrogens is 1. The molecule has 1 aliphatic rings. The molecule has 39 heavy (non-hydrogen) atoms. The lowest BCUT2D eigenvalue weighted by Crippen LogP contribution is -2.51. The third-order valence-electron chi connectivity index (χ3n) is 6.20. The van der Waals surface area contributed by atoms with Gasteiger partial charge in [0.05, 0.1) is 29.8 Å². The number of piperazine rings is 1. The third kappa shape index (κ3) is 4.72. The molecule has 0 aromatic carbocycles. The first-order valence-corrected chi connectivity index (χ1v) is 12.0. The molecule has 15 heteroatoms. The number of methoxy groups -OCH3 is 1. The molecule has 0 bridgehead atoms. The molecule has 0 radical (unpaired) electrons. The lowest BCUT2D eigenvalue weighted by atomic mass is 10.1. The van der Waals surface area contributed by atoms with Gasteiger partial charge in [-0.3, -0.25) is 9.59 Å². The molecule has 15 nitrogen and oxygen atoms in total. The predicted molar refractivity (Wildman–Crippen MR) is 141 cm³/mol. The highest BCUT2D eigenvalue weighted by Gasteiger charge is 2.31. The van der Waals surface area contributed by atoms with Crippen LogP contribution in [0.3, 0.4) is 0 Å². The zero-order valence-corrected chi connectivity index (χ0v) is 21.4. The first kappa shape index (κ1) is 25.3. The number of anilines is 1. The molecular weight excluding hydrogens is 504 g/mol. The molecule has 200 valence electrons. The first-order chi connectivity index (χ1) is 18.9. The van der Waals surface area contributed by atoms with Crippen LogP contribution in [0.5, 0.6) is 5.75 Å². The van der Waals surface area contributed by atoms with E-state index in [2.05, 4.69) is 42.2 Å². The number of nitrogens with zero attached hydrogens (tertiary/aromatic N) is 10. The van der Waals surface area contributed by atoms with Gasteiger partial charge in [-0.15, -0.1) is 0 Å². The number of fused-ring (bicyclic) bond motifs is 1. The minimum atomic E-state index is -0.661. The first-order valence-electron chi connectivity index (χ1n) is 12.0. The Morgan fingerprint density at radius 3 is 2.67 bits per heavy atom. The van der Waals surface area contributed by atoms with Crippen LogP contribution in [0.1, 0.15) is 16.2 Å². The molecule has 1 saturated heterocycles. The summed E-state index contributed by atoms with van der Waals surface area (Å²) in [6.45, 7) is 6.78. The quantitative estimate of drug-likeness (QED) is 0.184. The fourth-order valence-electron chi connectivity index (χ4n) is 4.28. The fraction of sp³-hybridized carbons (Fsp3) is 0.250. The molecule has 1 fully saturated rings. The van der Waals surface area contributed by atoms with Gasteiger partial charge in [-0.05, 0) is 23.4 Å². The largest absolute Gasteiger partial charge is 0.494 e. The van der Waals surface area contributed by atoms with Gasteiger partial charge in [0, 0.05) is 32.4 Å². The summed E-state index contributed by atoms with van der Waals surface area (Å²) in [6.07, 6.45) is 11.2. The highest BCUT2D eigenvalue weighted by Crippen LogP contribution is 2.32. The number of rotatable bonds is 8. The van der Waals surface area contributed by atoms with E-state index in [4.69, 9.17) is 10.5 Å². The average Bonchev–Trinajstić information content (AvgIpc) is 3.72. The van der Waals surface area contributed by atoms with Crippen LogP contribution in [0.25, 0.3) is 22.5 Å². The van der Waals surface area contributed by atoms with Gasteiger partial charge in [0.1, 0.15) is 23.7 Å². The molecule has 0 unspecified atom stereocenters. The fourth-order valence-corrected chi connectivity index (χ4v) is 4.28. The Balaban J connectivity index is 1.34. The highest BCUT2D eigenvalue weighted by atomic mass is 16.5. The second-order valence-corrected chi connectivity index (χ2v) is 8.55. The minimum absolute atomic E-state index is 0.184. The van der Waals surface area contributed by atoms with Gasteiger partial charge in [0.25, 0.3) is 17.6 Å². The number of tetrazole rings is 1. The van der Waals surface area contributed by atoms with Gasteiger partial charge in [-0.1, -0.05) is 29.9 Å². The molecule has 0 aliphatic carbocycles. The van der Waals surface area contributed by atoms with Gasteiger partial charge in [0.15, 0.2) is 5.82 Å². The number of hydrogen-bond acceptors (Lipinski definition) is 11. The molecule has 0 atom stereocenters. The zero-order valence-electron chi connectivity index (χ0n) is 21.4. The van der Waals surface area contributed by atoms with Crippen molar-refractivity contribution in [1.29, 1.82) is 0 Å². The summed E-state index contributed by atoms with van der Waals surface area (Å²) in [5.74, 6) is 0.831. The van der Waals surface area contributed by atoms with Crippen molar-refractivity contribution < 1.29 is 14.3 Å². The number of ether oxygens (including phenoxy) is 1. The summed E-state index contributed by atoms with van der Waals surface area (Å²) < 4.78 is 8.37. The van der Waals surface area contributed by atoms with Crippen molar-refractivity contribution in [3.05, 3.63) is 61.0 Å². The van der Waals surface area contributed by atoms with E-state index in [0.29, 0.717) is 66.2 Å². The predicted octanol–water partition coefficient (Wildman–Crippen LogP) is 0.478. The summed E-state index contributed by atoms with van der Waals surface area (Å²) >= 11 is 0. The highest BCUT2D eigenvalue weighted by molar-refractivity contribution is 6.45. The number of aromatic amines is 1. The van der Waals surface area contributed by atoms with Crippen molar-refractivity contribution in [3.63, 3.8) is 0 Å². The molecule has 3 N–H and O–H groups in total. The van der Waals surface area contributed by atoms with Gasteiger partial charge in [-0.25, -0.2) is 14.6 Å². The Hall–Kier alpha value is -5.34. The molecule has 4 aromatic rings. The number of ketones is 1. The molecule has 0 spiro atoms. The van der Waals surface area contributed by atoms with E-state index in [1.54, 1.807) is 31.2 Å². The van der Waals surface area contributed by atoms with Crippen molar-refractivity contribution in [2.24, 2.45) is 5.73 Å². The number of pyridine rings is 1. The number of amides is 1. The topological polar surface area (TPSA) is 179 Å². The second kappa shape index (κ2) is 10.6. The number of nitrogens with two attached hydrogens (primary N) is 1. The van der Waals surface area contributed by atoms with Crippen molar-refractivity contribution in [2.45, 2.75) is 6.92 Å². The van der Waals surface area contributed by atoms with E-state index < -0.39 is 11.7 Å². The van der Waals surface area contributed by atoms with Crippen LogP contribution >= 0.6 is 0 Å². The number of nitrogens with one attached hydrogen (secondary N) is 1. The number of aryl methyl sites for hydroxylation is 1. The van der Waals surface area contributed by atoms with E-state index in [1.165, 1.54) is 40.1 Å². The van der Waals surface area contributed by atoms with Crippen molar-refractivity contribution in [2.75, 3.05) is 38.2 Å². The van der Waals surface area contributed by atoms with E-state index in [0.717, 1.165) is 0 Å². The Bertz CT molecular complexity index is 1600. The van der Waals surface area contributed by atoms with Crippen LogP contribution < -0.4 is 15.4 Å². The molecule has 5 rings (SSSR count). The molecule has 4 aromatic heterocycles. The van der Waals surface area contributed by atoms with E-state index in [9.17, 15) is 9.59 Å². The van der Waals surface area contributed by atoms with Gasteiger partial charge in [0.2, 0.25) is 0 Å². The Morgan fingerprint density at radius 2 is 1.97 bits per heavy atom. The number of carbonyl (C=O) groups excluding carboxylic acids is 2. The van der Waals surface area contributed by atoms with Gasteiger partial charge >= 0.3 is 0 Å². The maximum absolute atomic E-state index is 13.4.